The van der Waals surface area contributed by atoms with Gasteiger partial charge in [0.1, 0.15) is 5.75 Å². The first-order valence-corrected chi connectivity index (χ1v) is 8.45. The molecule has 0 fully saturated rings. The average molecular weight is 326 g/mol. The largest absolute Gasteiger partial charge is 0.493 e. The van der Waals surface area contributed by atoms with Crippen LogP contribution in [0.5, 0.6) is 5.75 Å². The van der Waals surface area contributed by atoms with Crippen molar-refractivity contribution in [1.82, 2.24) is 0 Å². The van der Waals surface area contributed by atoms with Crippen molar-refractivity contribution in [3.8, 4) is 5.75 Å². The molecule has 0 aliphatic heterocycles. The SMILES string of the molecule is CC(C)CCNc1ccc(NC(=O)CCOc2ccccc2)cc1. The molecular weight excluding hydrogens is 300 g/mol. The highest BCUT2D eigenvalue weighted by molar-refractivity contribution is 5.90. The zero-order valence-corrected chi connectivity index (χ0v) is 14.4. The Morgan fingerprint density at radius 1 is 1.00 bits per heavy atom. The second-order valence-electron chi connectivity index (χ2n) is 6.15. The molecular formula is C20H26N2O2. The van der Waals surface area contributed by atoms with Crippen LogP contribution < -0.4 is 15.4 Å². The summed E-state index contributed by atoms with van der Waals surface area (Å²) in [6.45, 7) is 5.74. The molecule has 4 heteroatoms. The van der Waals surface area contributed by atoms with E-state index in [4.69, 9.17) is 4.74 Å². The molecule has 0 spiro atoms. The van der Waals surface area contributed by atoms with E-state index in [0.29, 0.717) is 18.9 Å². The molecule has 2 aromatic carbocycles. The second kappa shape index (κ2) is 9.60. The lowest BCUT2D eigenvalue weighted by Gasteiger charge is -2.10. The van der Waals surface area contributed by atoms with Crippen LogP contribution in [0, 0.1) is 5.92 Å². The minimum absolute atomic E-state index is 0.0496. The summed E-state index contributed by atoms with van der Waals surface area (Å²) in [6, 6.07) is 17.3. The van der Waals surface area contributed by atoms with E-state index in [1.54, 1.807) is 0 Å². The highest BCUT2D eigenvalue weighted by Crippen LogP contribution is 2.14. The predicted octanol–water partition coefficient (Wildman–Crippen LogP) is 4.55. The second-order valence-corrected chi connectivity index (χ2v) is 6.15. The van der Waals surface area contributed by atoms with Crippen molar-refractivity contribution in [3.63, 3.8) is 0 Å². The summed E-state index contributed by atoms with van der Waals surface area (Å²) >= 11 is 0. The Bertz CT molecular complexity index is 609. The zero-order valence-electron chi connectivity index (χ0n) is 14.4. The van der Waals surface area contributed by atoms with E-state index < -0.39 is 0 Å². The Morgan fingerprint density at radius 2 is 1.67 bits per heavy atom. The summed E-state index contributed by atoms with van der Waals surface area (Å²) < 4.78 is 5.53. The number of para-hydroxylation sites is 1. The van der Waals surface area contributed by atoms with E-state index in [1.165, 1.54) is 0 Å². The van der Waals surface area contributed by atoms with Crippen molar-refractivity contribution in [3.05, 3.63) is 54.6 Å². The lowest BCUT2D eigenvalue weighted by Crippen LogP contribution is -2.15. The van der Waals surface area contributed by atoms with E-state index in [0.717, 1.165) is 30.1 Å². The van der Waals surface area contributed by atoms with Crippen LogP contribution in [0.25, 0.3) is 0 Å². The molecule has 0 radical (unpaired) electrons. The topological polar surface area (TPSA) is 50.4 Å². The Hall–Kier alpha value is -2.49. The number of carbonyl (C=O) groups is 1. The van der Waals surface area contributed by atoms with Crippen molar-refractivity contribution in [2.75, 3.05) is 23.8 Å². The standard InChI is InChI=1S/C20H26N2O2/c1-16(2)12-14-21-17-8-10-18(11-9-17)22-20(23)13-15-24-19-6-4-3-5-7-19/h3-11,16,21H,12-15H2,1-2H3,(H,22,23). The molecule has 0 heterocycles. The van der Waals surface area contributed by atoms with E-state index in [1.807, 2.05) is 54.6 Å². The third-order valence-corrected chi connectivity index (χ3v) is 3.56. The number of benzene rings is 2. The minimum Gasteiger partial charge on any atom is -0.493 e. The summed E-state index contributed by atoms with van der Waals surface area (Å²) in [5.41, 5.74) is 1.87. The van der Waals surface area contributed by atoms with Gasteiger partial charge in [0.05, 0.1) is 13.0 Å². The highest BCUT2D eigenvalue weighted by atomic mass is 16.5. The van der Waals surface area contributed by atoms with Crippen LogP contribution in [0.4, 0.5) is 11.4 Å². The van der Waals surface area contributed by atoms with Crippen LogP contribution in [0.1, 0.15) is 26.7 Å². The monoisotopic (exact) mass is 326 g/mol. The third kappa shape index (κ3) is 6.73. The maximum atomic E-state index is 11.9. The smallest absolute Gasteiger partial charge is 0.227 e. The maximum absolute atomic E-state index is 11.9. The summed E-state index contributed by atoms with van der Waals surface area (Å²) in [5.74, 6) is 1.42. The predicted molar refractivity (Wildman–Crippen MR) is 99.6 cm³/mol. The molecule has 2 N–H and O–H groups in total. The number of hydrogen-bond acceptors (Lipinski definition) is 3. The molecule has 0 saturated heterocycles. The molecule has 0 aliphatic carbocycles. The molecule has 0 bridgehead atoms. The zero-order chi connectivity index (χ0) is 17.2. The van der Waals surface area contributed by atoms with E-state index in [9.17, 15) is 4.79 Å². The lowest BCUT2D eigenvalue weighted by atomic mass is 10.1. The quantitative estimate of drug-likeness (QED) is 0.710. The first-order valence-electron chi connectivity index (χ1n) is 8.45. The van der Waals surface area contributed by atoms with Gasteiger partial charge in [0, 0.05) is 17.9 Å². The molecule has 2 rings (SSSR count). The molecule has 2 aromatic rings. The van der Waals surface area contributed by atoms with Gasteiger partial charge in [0.2, 0.25) is 5.91 Å². The molecule has 24 heavy (non-hydrogen) atoms. The Kier molecular flexibility index (Phi) is 7.15. The van der Waals surface area contributed by atoms with Crippen LogP contribution in [0.3, 0.4) is 0 Å². The van der Waals surface area contributed by atoms with E-state index in [-0.39, 0.29) is 5.91 Å². The van der Waals surface area contributed by atoms with Crippen molar-refractivity contribution < 1.29 is 9.53 Å². The fourth-order valence-electron chi connectivity index (χ4n) is 2.18. The molecule has 1 amide bonds. The molecule has 0 aliphatic rings. The van der Waals surface area contributed by atoms with Crippen LogP contribution in [-0.4, -0.2) is 19.1 Å². The summed E-state index contributed by atoms with van der Waals surface area (Å²) in [6.07, 6.45) is 1.46. The summed E-state index contributed by atoms with van der Waals surface area (Å²) in [7, 11) is 0. The van der Waals surface area contributed by atoms with Crippen LogP contribution in [0.2, 0.25) is 0 Å². The van der Waals surface area contributed by atoms with Gasteiger partial charge in [-0.25, -0.2) is 0 Å². The van der Waals surface area contributed by atoms with Gasteiger partial charge in [-0.2, -0.15) is 0 Å². The molecule has 128 valence electrons. The molecule has 0 unspecified atom stereocenters. The van der Waals surface area contributed by atoms with Crippen LogP contribution in [0.15, 0.2) is 54.6 Å². The fourth-order valence-corrected chi connectivity index (χ4v) is 2.18. The van der Waals surface area contributed by atoms with Crippen molar-refractivity contribution in [1.29, 1.82) is 0 Å². The molecule has 4 nitrogen and oxygen atoms in total. The van der Waals surface area contributed by atoms with E-state index >= 15 is 0 Å². The first-order chi connectivity index (χ1) is 11.6. The third-order valence-electron chi connectivity index (χ3n) is 3.56. The van der Waals surface area contributed by atoms with Gasteiger partial charge in [0.25, 0.3) is 0 Å². The Balaban J connectivity index is 1.69. The number of rotatable bonds is 9. The Morgan fingerprint density at radius 3 is 2.33 bits per heavy atom. The van der Waals surface area contributed by atoms with Gasteiger partial charge in [-0.15, -0.1) is 0 Å². The van der Waals surface area contributed by atoms with Crippen molar-refractivity contribution >= 4 is 17.3 Å². The van der Waals surface area contributed by atoms with Gasteiger partial charge in [0.15, 0.2) is 0 Å². The summed E-state index contributed by atoms with van der Waals surface area (Å²) in [5, 5.41) is 6.26. The Labute approximate surface area is 144 Å². The minimum atomic E-state index is -0.0496. The number of carbonyl (C=O) groups excluding carboxylic acids is 1. The number of amides is 1. The van der Waals surface area contributed by atoms with Gasteiger partial charge in [-0.3, -0.25) is 4.79 Å². The highest BCUT2D eigenvalue weighted by Gasteiger charge is 2.03. The normalized spacial score (nSPS) is 10.5. The number of ether oxygens (including phenoxy) is 1. The van der Waals surface area contributed by atoms with Crippen molar-refractivity contribution in [2.24, 2.45) is 5.92 Å². The first kappa shape index (κ1) is 17.9. The van der Waals surface area contributed by atoms with Gasteiger partial charge in [-0.05, 0) is 48.7 Å². The lowest BCUT2D eigenvalue weighted by molar-refractivity contribution is -0.116. The molecule has 0 aromatic heterocycles. The van der Waals surface area contributed by atoms with Crippen molar-refractivity contribution in [2.45, 2.75) is 26.7 Å². The molecule has 0 saturated carbocycles. The van der Waals surface area contributed by atoms with Crippen LogP contribution >= 0.6 is 0 Å². The number of nitrogens with one attached hydrogen (secondary N) is 2. The fraction of sp³-hybridized carbons (Fsp3) is 0.350. The van der Waals surface area contributed by atoms with Crippen LogP contribution in [-0.2, 0) is 4.79 Å². The number of anilines is 2. The summed E-state index contributed by atoms with van der Waals surface area (Å²) in [4.78, 5) is 11.9. The van der Waals surface area contributed by atoms with Gasteiger partial charge in [-0.1, -0.05) is 32.0 Å². The van der Waals surface area contributed by atoms with E-state index in [2.05, 4.69) is 24.5 Å². The van der Waals surface area contributed by atoms with Gasteiger partial charge >= 0.3 is 0 Å². The maximum Gasteiger partial charge on any atom is 0.227 e. The van der Waals surface area contributed by atoms with Gasteiger partial charge < -0.3 is 15.4 Å². The average Bonchev–Trinajstić information content (AvgIpc) is 2.57. The number of hydrogen-bond donors (Lipinski definition) is 2. The molecule has 0 atom stereocenters.